The fourth-order valence-electron chi connectivity index (χ4n) is 3.30. The van der Waals surface area contributed by atoms with Crippen LogP contribution in [0, 0.1) is 0 Å². The first-order chi connectivity index (χ1) is 12.8. The van der Waals surface area contributed by atoms with E-state index in [-0.39, 0.29) is 12.7 Å². The molecule has 26 heavy (non-hydrogen) atoms. The molecule has 1 amide bonds. The predicted octanol–water partition coefficient (Wildman–Crippen LogP) is 3.18. The normalized spacial score (nSPS) is 16.6. The number of nitrogens with one attached hydrogen (secondary N) is 2. The van der Waals surface area contributed by atoms with Gasteiger partial charge in [0, 0.05) is 24.6 Å². The van der Waals surface area contributed by atoms with E-state index in [4.69, 9.17) is 9.47 Å². The van der Waals surface area contributed by atoms with E-state index in [0.29, 0.717) is 29.9 Å². The summed E-state index contributed by atoms with van der Waals surface area (Å²) in [5.74, 6) is 1.40. The van der Waals surface area contributed by atoms with Crippen LogP contribution in [0.2, 0.25) is 0 Å². The van der Waals surface area contributed by atoms with Crippen LogP contribution in [0.4, 0.5) is 5.13 Å². The average molecular weight is 374 g/mol. The zero-order valence-corrected chi connectivity index (χ0v) is 15.3. The van der Waals surface area contributed by atoms with Crippen molar-refractivity contribution in [2.45, 2.75) is 44.6 Å². The maximum atomic E-state index is 12.1. The molecule has 2 N–H and O–H groups in total. The van der Waals surface area contributed by atoms with E-state index in [0.717, 1.165) is 16.3 Å². The third kappa shape index (κ3) is 4.13. The summed E-state index contributed by atoms with van der Waals surface area (Å²) in [5, 5.41) is 15.8. The zero-order chi connectivity index (χ0) is 17.8. The van der Waals surface area contributed by atoms with Crippen LogP contribution in [0.3, 0.4) is 0 Å². The van der Waals surface area contributed by atoms with Crippen LogP contribution in [0.15, 0.2) is 18.2 Å². The van der Waals surface area contributed by atoms with E-state index in [1.807, 2.05) is 18.2 Å². The monoisotopic (exact) mass is 374 g/mol. The Morgan fingerprint density at radius 1 is 1.15 bits per heavy atom. The molecule has 7 nitrogen and oxygen atoms in total. The number of hydrogen-bond donors (Lipinski definition) is 2. The molecule has 1 aliphatic carbocycles. The summed E-state index contributed by atoms with van der Waals surface area (Å²) in [5.41, 5.74) is 0.895. The van der Waals surface area contributed by atoms with Crippen molar-refractivity contribution in [3.8, 4) is 22.1 Å². The highest BCUT2D eigenvalue weighted by Crippen LogP contribution is 2.37. The molecule has 2 heterocycles. The Morgan fingerprint density at radius 3 is 2.88 bits per heavy atom. The molecular weight excluding hydrogens is 352 g/mol. The number of amides is 1. The number of anilines is 1. The lowest BCUT2D eigenvalue weighted by atomic mass is 9.95. The average Bonchev–Trinajstić information content (AvgIpc) is 3.31. The van der Waals surface area contributed by atoms with E-state index in [1.54, 1.807) is 0 Å². The summed E-state index contributed by atoms with van der Waals surface area (Å²) < 4.78 is 10.7. The molecule has 0 unspecified atom stereocenters. The molecule has 1 saturated carbocycles. The van der Waals surface area contributed by atoms with Gasteiger partial charge < -0.3 is 20.1 Å². The minimum absolute atomic E-state index is 0.0401. The van der Waals surface area contributed by atoms with Gasteiger partial charge in [0.1, 0.15) is 5.01 Å². The van der Waals surface area contributed by atoms with E-state index < -0.39 is 0 Å². The Bertz CT molecular complexity index is 774. The standard InChI is InChI=1S/C18H22N4O3S/c23-16(8-9-19-13-4-2-1-3-5-13)20-18-22-21-17(26-18)12-6-7-14-15(10-12)25-11-24-14/h6-7,10,13,19H,1-5,8-9,11H2,(H,20,22,23). The molecular formula is C18H22N4O3S. The van der Waals surface area contributed by atoms with Gasteiger partial charge in [0.2, 0.25) is 17.8 Å². The van der Waals surface area contributed by atoms with Gasteiger partial charge in [-0.1, -0.05) is 30.6 Å². The van der Waals surface area contributed by atoms with Crippen molar-refractivity contribution < 1.29 is 14.3 Å². The van der Waals surface area contributed by atoms with Crippen molar-refractivity contribution in [2.24, 2.45) is 0 Å². The molecule has 0 saturated heterocycles. The summed E-state index contributed by atoms with van der Waals surface area (Å²) >= 11 is 1.35. The van der Waals surface area contributed by atoms with Crippen LogP contribution in [0.1, 0.15) is 38.5 Å². The molecule has 0 bridgehead atoms. The molecule has 1 fully saturated rings. The molecule has 0 radical (unpaired) electrons. The van der Waals surface area contributed by atoms with Gasteiger partial charge >= 0.3 is 0 Å². The van der Waals surface area contributed by atoms with Gasteiger partial charge in [-0.2, -0.15) is 0 Å². The summed E-state index contributed by atoms with van der Waals surface area (Å²) in [4.78, 5) is 12.1. The summed E-state index contributed by atoms with van der Waals surface area (Å²) in [6.45, 7) is 0.940. The lowest BCUT2D eigenvalue weighted by Crippen LogP contribution is -2.33. The number of aromatic nitrogens is 2. The lowest BCUT2D eigenvalue weighted by Gasteiger charge is -2.22. The Kier molecular flexibility index (Phi) is 5.31. The van der Waals surface area contributed by atoms with E-state index >= 15 is 0 Å². The van der Waals surface area contributed by atoms with Crippen molar-refractivity contribution in [1.82, 2.24) is 15.5 Å². The van der Waals surface area contributed by atoms with Crippen LogP contribution in [-0.4, -0.2) is 35.5 Å². The first-order valence-corrected chi connectivity index (χ1v) is 9.86. The summed E-state index contributed by atoms with van der Waals surface area (Å²) in [7, 11) is 0. The molecule has 1 aromatic heterocycles. The molecule has 1 aromatic carbocycles. The number of benzene rings is 1. The smallest absolute Gasteiger partial charge is 0.231 e. The topological polar surface area (TPSA) is 85.4 Å². The quantitative estimate of drug-likeness (QED) is 0.808. The van der Waals surface area contributed by atoms with Crippen LogP contribution in [-0.2, 0) is 4.79 Å². The third-order valence-electron chi connectivity index (χ3n) is 4.68. The van der Waals surface area contributed by atoms with Crippen molar-refractivity contribution in [1.29, 1.82) is 0 Å². The number of ether oxygens (including phenoxy) is 2. The van der Waals surface area contributed by atoms with Crippen molar-refractivity contribution in [3.05, 3.63) is 18.2 Å². The van der Waals surface area contributed by atoms with Gasteiger partial charge in [-0.05, 0) is 31.0 Å². The van der Waals surface area contributed by atoms with Gasteiger partial charge in [0.15, 0.2) is 11.5 Å². The Labute approximate surface area is 156 Å². The molecule has 8 heteroatoms. The molecule has 4 rings (SSSR count). The van der Waals surface area contributed by atoms with Crippen LogP contribution < -0.4 is 20.1 Å². The van der Waals surface area contributed by atoms with Gasteiger partial charge in [0.05, 0.1) is 0 Å². The fourth-order valence-corrected chi connectivity index (χ4v) is 4.05. The first kappa shape index (κ1) is 17.2. The number of carbonyl (C=O) groups excluding carboxylic acids is 1. The molecule has 2 aliphatic rings. The van der Waals surface area contributed by atoms with E-state index in [2.05, 4.69) is 20.8 Å². The zero-order valence-electron chi connectivity index (χ0n) is 14.5. The van der Waals surface area contributed by atoms with Crippen LogP contribution in [0.25, 0.3) is 10.6 Å². The Hall–Kier alpha value is -2.19. The fraction of sp³-hybridized carbons (Fsp3) is 0.500. The number of nitrogens with zero attached hydrogens (tertiary/aromatic N) is 2. The number of fused-ring (bicyclic) bond motifs is 1. The largest absolute Gasteiger partial charge is 0.454 e. The molecule has 0 spiro atoms. The molecule has 138 valence electrons. The minimum Gasteiger partial charge on any atom is -0.454 e. The maximum Gasteiger partial charge on any atom is 0.231 e. The van der Waals surface area contributed by atoms with Crippen molar-refractivity contribution in [3.63, 3.8) is 0 Å². The molecule has 2 aromatic rings. The Morgan fingerprint density at radius 2 is 2.00 bits per heavy atom. The second-order valence-electron chi connectivity index (χ2n) is 6.57. The predicted molar refractivity (Wildman–Crippen MR) is 99.6 cm³/mol. The van der Waals surface area contributed by atoms with Crippen LogP contribution >= 0.6 is 11.3 Å². The summed E-state index contributed by atoms with van der Waals surface area (Å²) in [6.07, 6.45) is 6.79. The van der Waals surface area contributed by atoms with Gasteiger partial charge in [-0.15, -0.1) is 10.2 Å². The number of hydrogen-bond acceptors (Lipinski definition) is 7. The van der Waals surface area contributed by atoms with Gasteiger partial charge in [0.25, 0.3) is 0 Å². The lowest BCUT2D eigenvalue weighted by molar-refractivity contribution is -0.116. The third-order valence-corrected chi connectivity index (χ3v) is 5.57. The van der Waals surface area contributed by atoms with Crippen molar-refractivity contribution in [2.75, 3.05) is 18.7 Å². The van der Waals surface area contributed by atoms with E-state index in [1.165, 1.54) is 43.4 Å². The molecule has 1 aliphatic heterocycles. The van der Waals surface area contributed by atoms with Gasteiger partial charge in [-0.3, -0.25) is 4.79 Å². The van der Waals surface area contributed by atoms with E-state index in [9.17, 15) is 4.79 Å². The molecule has 0 atom stereocenters. The first-order valence-electron chi connectivity index (χ1n) is 9.05. The summed E-state index contributed by atoms with van der Waals surface area (Å²) in [6, 6.07) is 6.21. The SMILES string of the molecule is O=C(CCNC1CCCCC1)Nc1nnc(-c2ccc3c(c2)OCO3)s1. The highest BCUT2D eigenvalue weighted by molar-refractivity contribution is 7.18. The minimum atomic E-state index is -0.0401. The van der Waals surface area contributed by atoms with Crippen molar-refractivity contribution >= 4 is 22.4 Å². The number of rotatable bonds is 6. The second kappa shape index (κ2) is 8.01. The second-order valence-corrected chi connectivity index (χ2v) is 7.55. The number of carbonyl (C=O) groups is 1. The highest BCUT2D eigenvalue weighted by Gasteiger charge is 2.17. The Balaban J connectivity index is 1.28. The van der Waals surface area contributed by atoms with Crippen LogP contribution in [0.5, 0.6) is 11.5 Å². The highest BCUT2D eigenvalue weighted by atomic mass is 32.1. The van der Waals surface area contributed by atoms with Gasteiger partial charge in [-0.25, -0.2) is 0 Å². The maximum absolute atomic E-state index is 12.1.